The molecule has 0 aromatic heterocycles. The number of hydrogen-bond acceptors (Lipinski definition) is 23. The first kappa shape index (κ1) is 107. The van der Waals surface area contributed by atoms with E-state index in [-0.39, 0.29) is 134 Å². The number of methoxy groups -OCH3 is 2. The van der Waals surface area contributed by atoms with Crippen molar-refractivity contribution in [1.29, 1.82) is 0 Å². The molecule has 0 radical (unpaired) electrons. The lowest BCUT2D eigenvalue weighted by Gasteiger charge is -2.59. The lowest BCUT2D eigenvalue weighted by molar-refractivity contribution is -0.226. The van der Waals surface area contributed by atoms with Crippen LogP contribution in [0.2, 0.25) is 0 Å². The number of aliphatic hydroxyl groups is 2. The minimum absolute atomic E-state index is 0.0307. The van der Waals surface area contributed by atoms with Crippen molar-refractivity contribution in [3.63, 3.8) is 0 Å². The maximum absolute atomic E-state index is 12.7. The van der Waals surface area contributed by atoms with E-state index < -0.39 is 44.8 Å². The van der Waals surface area contributed by atoms with Gasteiger partial charge in [0.25, 0.3) is 0 Å². The highest BCUT2D eigenvalue weighted by molar-refractivity contribution is 5.83. The third-order valence-electron chi connectivity index (χ3n) is 36.3. The molecular formula is C107H176O23. The van der Waals surface area contributed by atoms with Gasteiger partial charge in [-0.05, 0) is 375 Å². The fraction of sp³-hybridized carbons (Fsp3) is 0.907. The van der Waals surface area contributed by atoms with Crippen LogP contribution < -0.4 is 0 Å². The molecule has 0 aromatic carbocycles. The molecule has 16 bridgehead atoms. The Kier molecular flexibility index (Phi) is 32.5. The molecule has 0 amide bonds. The second kappa shape index (κ2) is 39.6. The zero-order valence-electron chi connectivity index (χ0n) is 85.9. The molecule has 15 saturated carbocycles. The van der Waals surface area contributed by atoms with Gasteiger partial charge in [-0.15, -0.1) is 0 Å². The number of carbonyl (C=O) groups excluding carboxylic acids is 10. The van der Waals surface area contributed by atoms with E-state index >= 15 is 0 Å². The summed E-state index contributed by atoms with van der Waals surface area (Å²) in [6, 6.07) is 0. The molecular weight excluding hydrogens is 1650 g/mol. The van der Waals surface area contributed by atoms with Crippen molar-refractivity contribution >= 4 is 59.7 Å². The molecule has 19 rings (SSSR count). The Bertz CT molecular complexity index is 3860. The maximum Gasteiger partial charge on any atom is 0.344 e. The monoisotopic (exact) mass is 1830 g/mol. The number of fused-ring (bicyclic) bond motifs is 17. The van der Waals surface area contributed by atoms with Crippen molar-refractivity contribution in [3.8, 4) is 0 Å². The Morgan fingerprint density at radius 2 is 0.823 bits per heavy atom. The van der Waals surface area contributed by atoms with Crippen LogP contribution >= 0.6 is 0 Å². The molecule has 130 heavy (non-hydrogen) atoms. The number of carbonyl (C=O) groups is 10. The largest absolute Gasteiger partial charge is 0.466 e. The number of hydrogen-bond donors (Lipinski definition) is 2. The summed E-state index contributed by atoms with van der Waals surface area (Å²) in [5.41, 5.74) is -5.32. The first-order chi connectivity index (χ1) is 60.1. The summed E-state index contributed by atoms with van der Waals surface area (Å²) >= 11 is 0. The smallest absolute Gasteiger partial charge is 0.344 e. The quantitative estimate of drug-likeness (QED) is 0.0612. The molecule has 0 aromatic rings. The lowest BCUT2D eigenvalue weighted by atomic mass is 9.52. The molecule has 2 N–H and O–H groups in total. The second-order valence-electron chi connectivity index (χ2n) is 50.1. The number of ether oxygens (including phenoxy) is 11. The molecule has 4 aliphatic heterocycles. The molecule has 742 valence electrons. The predicted molar refractivity (Wildman–Crippen MR) is 495 cm³/mol. The van der Waals surface area contributed by atoms with Crippen LogP contribution in [0.15, 0.2) is 0 Å². The van der Waals surface area contributed by atoms with Crippen molar-refractivity contribution < 1.29 is 110 Å². The van der Waals surface area contributed by atoms with Crippen LogP contribution in [0.1, 0.15) is 405 Å². The first-order valence-electron chi connectivity index (χ1n) is 51.1. The van der Waals surface area contributed by atoms with Crippen LogP contribution in [0.4, 0.5) is 0 Å². The molecule has 23 nitrogen and oxygen atoms in total. The summed E-state index contributed by atoms with van der Waals surface area (Å²) < 4.78 is 59.0. The topological polar surface area (TPSA) is 313 Å². The Morgan fingerprint density at radius 1 is 0.415 bits per heavy atom. The highest BCUT2D eigenvalue weighted by atomic mass is 16.6. The SMILES string of the molecule is CC1(C)CC2(CC3CCC2C3)C(=O)O1.CC1(C)OC(=O)C2C3CCC(O3)C21.CCC(C)(C)C(=O)OC1(C(C)(C)C)CCCC1.CCC(C)(C)C(=O)OC1(CC)CC2CC1C1C3CCC(C3)C21.CCC(C)(C)C(=O)OC12CC3CC(CC(O)(C3)C1)C2.CCC(C)(C)C(=O)OC12CC3CC(CC(O)(C3)C1)C2.CCC(C)(C)C(=O)OCC(=O)OC.CCC(C)(C)C(=O)OCC(=O)OC. The zero-order valence-corrected chi connectivity index (χ0v) is 85.9. The van der Waals surface area contributed by atoms with Crippen LogP contribution in [0.25, 0.3) is 0 Å². The lowest BCUT2D eigenvalue weighted by Crippen LogP contribution is -2.61. The van der Waals surface area contributed by atoms with Gasteiger partial charge in [-0.3, -0.25) is 38.4 Å². The van der Waals surface area contributed by atoms with Crippen LogP contribution in [0, 0.1) is 126 Å². The van der Waals surface area contributed by atoms with Gasteiger partial charge in [0.1, 0.15) is 33.6 Å². The highest BCUT2D eigenvalue weighted by Crippen LogP contribution is 2.72. The van der Waals surface area contributed by atoms with E-state index in [1.807, 2.05) is 118 Å². The van der Waals surface area contributed by atoms with E-state index in [0.29, 0.717) is 67.1 Å². The summed E-state index contributed by atoms with van der Waals surface area (Å²) in [5, 5.41) is 21.3. The molecule has 23 heteroatoms. The van der Waals surface area contributed by atoms with Crippen LogP contribution in [-0.4, -0.2) is 154 Å². The molecule has 4 saturated heterocycles. The molecule has 18 unspecified atom stereocenters. The van der Waals surface area contributed by atoms with Crippen molar-refractivity contribution in [2.45, 2.75) is 462 Å². The van der Waals surface area contributed by atoms with Crippen molar-refractivity contribution in [2.24, 2.45) is 126 Å². The Hall–Kier alpha value is -5.42. The standard InChI is InChI=1S/C20H32O2.2C16H26O3.C15H28O2.C12H18O2.C10H14O3.2C9H16O4/c1-5-19(3,4)18(21)22-20(6-2)11-14-10-15(20)17-13-8-7-12(9-13)16(14)17;2*1-4-14(2,3)13(17)19-16-8-11-5-12(9-16)7-15(18,6-11)10-16;1-7-14(5,6)12(16)17-15(13(2,3)4)10-8-9-11-15;1-11(2)7-12(10(13)14-11)6-8-3-4-9(12)5-8;1-10(2)8-6-4-3-5(12-6)7(8)9(11)13-10;2*1-5-9(2,3)8(11)13-6-7(10)12-4/h12-17H,5-11H2,1-4H3;2*11-12,18H,4-10H2,1-3H3;7-11H2,1-6H3;8-9H,3-7H2,1-2H3;5-8H,3-4H2,1-2H3;2*5-6H2,1-4H3. The zero-order chi connectivity index (χ0) is 97.0. The molecule has 15 aliphatic carbocycles. The Labute approximate surface area is 781 Å². The van der Waals surface area contributed by atoms with Crippen LogP contribution in [-0.2, 0) is 100 Å². The third-order valence-corrected chi connectivity index (χ3v) is 36.3. The fourth-order valence-electron chi connectivity index (χ4n) is 27.1. The average Bonchev–Trinajstić information content (AvgIpc) is 1.53. The maximum atomic E-state index is 12.7. The third kappa shape index (κ3) is 23.0. The van der Waals surface area contributed by atoms with Gasteiger partial charge in [0.2, 0.25) is 0 Å². The second-order valence-corrected chi connectivity index (χ2v) is 50.1. The van der Waals surface area contributed by atoms with E-state index in [4.69, 9.17) is 42.6 Å². The van der Waals surface area contributed by atoms with Gasteiger partial charge in [-0.2, -0.15) is 0 Å². The molecule has 19 aliphatic rings. The summed E-state index contributed by atoms with van der Waals surface area (Å²) in [6.45, 7) is 51.1. The van der Waals surface area contributed by atoms with Gasteiger partial charge in [-0.1, -0.05) is 75.7 Å². The minimum Gasteiger partial charge on any atom is -0.466 e. The van der Waals surface area contributed by atoms with Gasteiger partial charge in [0, 0.05) is 36.5 Å². The number of esters is 10. The summed E-state index contributed by atoms with van der Waals surface area (Å²) in [6.07, 6.45) is 36.8. The number of rotatable bonds is 21. The fourth-order valence-corrected chi connectivity index (χ4v) is 27.1. The summed E-state index contributed by atoms with van der Waals surface area (Å²) in [7, 11) is 2.50. The van der Waals surface area contributed by atoms with Gasteiger partial charge >= 0.3 is 59.7 Å². The van der Waals surface area contributed by atoms with E-state index in [1.165, 1.54) is 84.8 Å². The van der Waals surface area contributed by atoms with Gasteiger partial charge in [-0.25, -0.2) is 9.59 Å². The Balaban J connectivity index is 0.000000156. The van der Waals surface area contributed by atoms with Gasteiger partial charge in [0.15, 0.2) is 13.2 Å². The number of cyclic esters (lactones) is 2. The van der Waals surface area contributed by atoms with Crippen molar-refractivity contribution in [1.82, 2.24) is 0 Å². The van der Waals surface area contributed by atoms with E-state index in [0.717, 1.165) is 164 Å². The van der Waals surface area contributed by atoms with Crippen molar-refractivity contribution in [2.75, 3.05) is 27.4 Å². The predicted octanol–water partition coefficient (Wildman–Crippen LogP) is 21.2. The highest BCUT2D eigenvalue weighted by Gasteiger charge is 2.70. The van der Waals surface area contributed by atoms with E-state index in [1.54, 1.807) is 27.7 Å². The van der Waals surface area contributed by atoms with Crippen LogP contribution in [0.3, 0.4) is 0 Å². The normalized spacial score (nSPS) is 36.4. The molecule has 18 atom stereocenters. The first-order valence-corrected chi connectivity index (χ1v) is 51.1. The van der Waals surface area contributed by atoms with E-state index in [2.05, 4.69) is 44.1 Å². The Morgan fingerprint density at radius 3 is 1.18 bits per heavy atom. The molecule has 1 spiro atoms. The van der Waals surface area contributed by atoms with Crippen LogP contribution in [0.5, 0.6) is 0 Å². The molecule has 19 fully saturated rings. The average molecular weight is 1830 g/mol. The van der Waals surface area contributed by atoms with Gasteiger partial charge in [0.05, 0.1) is 81.5 Å². The summed E-state index contributed by atoms with van der Waals surface area (Å²) in [4.78, 5) is 117. The van der Waals surface area contributed by atoms with E-state index in [9.17, 15) is 58.2 Å². The summed E-state index contributed by atoms with van der Waals surface area (Å²) in [5.74, 6) is 7.48. The molecule has 4 heterocycles. The minimum atomic E-state index is -0.555. The van der Waals surface area contributed by atoms with Crippen molar-refractivity contribution in [3.05, 3.63) is 0 Å². The van der Waals surface area contributed by atoms with Gasteiger partial charge < -0.3 is 62.3 Å².